The van der Waals surface area contributed by atoms with Gasteiger partial charge in [-0.05, 0) is 42.9 Å². The second-order valence-electron chi connectivity index (χ2n) is 5.70. The molecule has 2 nitrogen and oxygen atoms in total. The Labute approximate surface area is 92.6 Å². The molecule has 2 aliphatic rings. The molecule has 2 saturated carbocycles. The Morgan fingerprint density at radius 3 is 2.67 bits per heavy atom. The maximum atomic E-state index is 10.7. The number of hydrogen-bond acceptors (Lipinski definition) is 2. The minimum Gasteiger partial charge on any atom is -0.322 e. The quantitative estimate of drug-likeness (QED) is 0.722. The first-order chi connectivity index (χ1) is 7.20. The number of carbonyl (C=O) groups excluding carboxylic acids is 1. The fraction of sp³-hybridized carbons (Fsp3) is 0.923. The van der Waals surface area contributed by atoms with Crippen LogP contribution in [0.2, 0.25) is 0 Å². The largest absolute Gasteiger partial charge is 0.322 e. The van der Waals surface area contributed by atoms with Gasteiger partial charge >= 0.3 is 0 Å². The second kappa shape index (κ2) is 4.65. The molecular formula is C13H23NO. The highest BCUT2D eigenvalue weighted by atomic mass is 16.1. The number of nitrogens with two attached hydrogens (primary N) is 1. The van der Waals surface area contributed by atoms with E-state index in [1.54, 1.807) is 0 Å². The standard InChI is InChI=1S/C13H23NO/c1-9-2-5-11(13(14)8-15)7-12(9)6-10-3-4-10/h8-13H,2-7,14H2,1H3/t9?,11-,12+,13-/m1/s1. The Morgan fingerprint density at radius 2 is 2.07 bits per heavy atom. The summed E-state index contributed by atoms with van der Waals surface area (Å²) in [6.07, 6.45) is 8.82. The minimum atomic E-state index is -0.209. The summed E-state index contributed by atoms with van der Waals surface area (Å²) in [6.45, 7) is 2.37. The molecule has 2 rings (SSSR count). The maximum Gasteiger partial charge on any atom is 0.136 e. The minimum absolute atomic E-state index is 0.209. The van der Waals surface area contributed by atoms with Gasteiger partial charge in [0.1, 0.15) is 6.29 Å². The number of hydrogen-bond donors (Lipinski definition) is 1. The molecule has 1 unspecified atom stereocenters. The zero-order valence-corrected chi connectivity index (χ0v) is 9.69. The Morgan fingerprint density at radius 1 is 1.33 bits per heavy atom. The van der Waals surface area contributed by atoms with Crippen molar-refractivity contribution in [3.63, 3.8) is 0 Å². The van der Waals surface area contributed by atoms with Gasteiger partial charge in [0.25, 0.3) is 0 Å². The SMILES string of the molecule is CC1CC[C@@H]([C@H](N)C=O)C[C@@H]1CC1CC1. The molecule has 0 aliphatic heterocycles. The van der Waals surface area contributed by atoms with Gasteiger partial charge < -0.3 is 10.5 Å². The first kappa shape index (κ1) is 11.1. The fourth-order valence-corrected chi connectivity index (χ4v) is 3.02. The molecule has 15 heavy (non-hydrogen) atoms. The van der Waals surface area contributed by atoms with Gasteiger partial charge in [-0.25, -0.2) is 0 Å². The average Bonchev–Trinajstić information content (AvgIpc) is 3.04. The van der Waals surface area contributed by atoms with Crippen LogP contribution in [0.25, 0.3) is 0 Å². The average molecular weight is 209 g/mol. The Kier molecular flexibility index (Phi) is 3.45. The molecular weight excluding hydrogens is 186 g/mol. The molecule has 0 amide bonds. The van der Waals surface area contributed by atoms with E-state index in [2.05, 4.69) is 6.92 Å². The summed E-state index contributed by atoms with van der Waals surface area (Å²) in [5, 5.41) is 0. The van der Waals surface area contributed by atoms with Crippen LogP contribution in [0, 0.1) is 23.7 Å². The number of rotatable bonds is 4. The van der Waals surface area contributed by atoms with Crippen LogP contribution in [0.15, 0.2) is 0 Å². The van der Waals surface area contributed by atoms with Gasteiger partial charge in [-0.1, -0.05) is 26.2 Å². The lowest BCUT2D eigenvalue weighted by Crippen LogP contribution is -2.37. The molecule has 0 bridgehead atoms. The van der Waals surface area contributed by atoms with Gasteiger partial charge in [0, 0.05) is 0 Å². The van der Waals surface area contributed by atoms with E-state index in [9.17, 15) is 4.79 Å². The van der Waals surface area contributed by atoms with E-state index in [1.165, 1.54) is 32.1 Å². The van der Waals surface area contributed by atoms with Crippen LogP contribution in [0.1, 0.15) is 45.4 Å². The van der Waals surface area contributed by atoms with E-state index in [0.717, 1.165) is 30.5 Å². The van der Waals surface area contributed by atoms with Crippen LogP contribution in [0.5, 0.6) is 0 Å². The molecule has 0 aromatic rings. The molecule has 0 spiro atoms. The number of aldehydes is 1. The third kappa shape index (κ3) is 2.81. The van der Waals surface area contributed by atoms with Gasteiger partial charge in [0.2, 0.25) is 0 Å². The monoisotopic (exact) mass is 209 g/mol. The van der Waals surface area contributed by atoms with E-state index in [-0.39, 0.29) is 6.04 Å². The highest BCUT2D eigenvalue weighted by molar-refractivity contribution is 5.57. The third-order valence-electron chi connectivity index (χ3n) is 4.44. The molecule has 0 radical (unpaired) electrons. The molecule has 2 fully saturated rings. The van der Waals surface area contributed by atoms with Crippen LogP contribution >= 0.6 is 0 Å². The third-order valence-corrected chi connectivity index (χ3v) is 4.44. The maximum absolute atomic E-state index is 10.7. The van der Waals surface area contributed by atoms with Crippen LogP contribution in [0.4, 0.5) is 0 Å². The summed E-state index contributed by atoms with van der Waals surface area (Å²) in [5.74, 6) is 3.15. The normalized spacial score (nSPS) is 38.7. The van der Waals surface area contributed by atoms with Crippen LogP contribution < -0.4 is 5.73 Å². The molecule has 2 aliphatic carbocycles. The van der Waals surface area contributed by atoms with Crippen molar-refractivity contribution in [2.45, 2.75) is 51.5 Å². The lowest BCUT2D eigenvalue weighted by atomic mass is 9.71. The molecule has 0 aromatic heterocycles. The summed E-state index contributed by atoms with van der Waals surface area (Å²) in [7, 11) is 0. The van der Waals surface area contributed by atoms with Crippen molar-refractivity contribution in [3.05, 3.63) is 0 Å². The van der Waals surface area contributed by atoms with E-state index in [1.807, 2.05) is 0 Å². The lowest BCUT2D eigenvalue weighted by Gasteiger charge is -2.35. The van der Waals surface area contributed by atoms with Crippen LogP contribution in [0.3, 0.4) is 0 Å². The zero-order valence-electron chi connectivity index (χ0n) is 9.69. The van der Waals surface area contributed by atoms with Gasteiger partial charge in [0.15, 0.2) is 0 Å². The van der Waals surface area contributed by atoms with Crippen molar-refractivity contribution in [2.24, 2.45) is 29.4 Å². The van der Waals surface area contributed by atoms with Gasteiger partial charge in [-0.3, -0.25) is 0 Å². The molecule has 2 N–H and O–H groups in total. The lowest BCUT2D eigenvalue weighted by molar-refractivity contribution is -0.110. The Bertz CT molecular complexity index is 225. The van der Waals surface area contributed by atoms with E-state index >= 15 is 0 Å². The van der Waals surface area contributed by atoms with Crippen LogP contribution in [-0.4, -0.2) is 12.3 Å². The topological polar surface area (TPSA) is 43.1 Å². The zero-order chi connectivity index (χ0) is 10.8. The molecule has 0 saturated heterocycles. The van der Waals surface area contributed by atoms with Gasteiger partial charge in [-0.15, -0.1) is 0 Å². The van der Waals surface area contributed by atoms with E-state index in [0.29, 0.717) is 5.92 Å². The first-order valence-corrected chi connectivity index (χ1v) is 6.41. The Balaban J connectivity index is 1.87. The van der Waals surface area contributed by atoms with Gasteiger partial charge in [-0.2, -0.15) is 0 Å². The number of carbonyl (C=O) groups is 1. The van der Waals surface area contributed by atoms with Crippen molar-refractivity contribution in [1.82, 2.24) is 0 Å². The van der Waals surface area contributed by atoms with Crippen molar-refractivity contribution < 1.29 is 4.79 Å². The predicted molar refractivity (Wildman–Crippen MR) is 61.4 cm³/mol. The molecule has 0 aromatic carbocycles. The molecule has 0 heterocycles. The highest BCUT2D eigenvalue weighted by Crippen LogP contribution is 2.43. The van der Waals surface area contributed by atoms with Crippen molar-refractivity contribution in [3.8, 4) is 0 Å². The summed E-state index contributed by atoms with van der Waals surface area (Å²) in [4.78, 5) is 10.7. The Hall–Kier alpha value is -0.370. The van der Waals surface area contributed by atoms with Crippen molar-refractivity contribution in [2.75, 3.05) is 0 Å². The van der Waals surface area contributed by atoms with E-state index in [4.69, 9.17) is 5.73 Å². The molecule has 86 valence electrons. The summed E-state index contributed by atoms with van der Waals surface area (Å²) >= 11 is 0. The first-order valence-electron chi connectivity index (χ1n) is 6.41. The van der Waals surface area contributed by atoms with Crippen LogP contribution in [-0.2, 0) is 4.79 Å². The van der Waals surface area contributed by atoms with Gasteiger partial charge in [0.05, 0.1) is 6.04 Å². The summed E-state index contributed by atoms with van der Waals surface area (Å²) in [5.41, 5.74) is 5.83. The van der Waals surface area contributed by atoms with E-state index < -0.39 is 0 Å². The second-order valence-corrected chi connectivity index (χ2v) is 5.70. The summed E-state index contributed by atoms with van der Waals surface area (Å²) < 4.78 is 0. The summed E-state index contributed by atoms with van der Waals surface area (Å²) in [6, 6.07) is -0.209. The highest BCUT2D eigenvalue weighted by Gasteiger charge is 2.34. The molecule has 4 atom stereocenters. The smallest absolute Gasteiger partial charge is 0.136 e. The molecule has 2 heteroatoms. The fourth-order valence-electron chi connectivity index (χ4n) is 3.02. The predicted octanol–water partition coefficient (Wildman–Crippen LogP) is 2.37. The van der Waals surface area contributed by atoms with Crippen molar-refractivity contribution in [1.29, 1.82) is 0 Å². The van der Waals surface area contributed by atoms with Crippen molar-refractivity contribution >= 4 is 6.29 Å².